The fraction of sp³-hybridized carbons (Fsp3) is 0.0500. The molecule has 5 nitrogen and oxygen atoms in total. The summed E-state index contributed by atoms with van der Waals surface area (Å²) in [6, 6.07) is 17.8. The summed E-state index contributed by atoms with van der Waals surface area (Å²) in [5.41, 5.74) is 8.64. The zero-order valence-electron chi connectivity index (χ0n) is 14.1. The van der Waals surface area contributed by atoms with E-state index in [0.717, 1.165) is 15.8 Å². The minimum atomic E-state index is 0.327. The predicted molar refractivity (Wildman–Crippen MR) is 104 cm³/mol. The molecule has 2 N–H and O–H groups in total. The number of aromatic nitrogens is 3. The van der Waals surface area contributed by atoms with Crippen molar-refractivity contribution < 1.29 is 4.74 Å². The molecule has 6 heteroatoms. The van der Waals surface area contributed by atoms with Gasteiger partial charge in [0.05, 0.1) is 0 Å². The molecule has 2 heterocycles. The molecule has 0 bridgehead atoms. The van der Waals surface area contributed by atoms with Crippen LogP contribution >= 0.6 is 11.8 Å². The number of fused-ring (bicyclic) bond motifs is 1. The van der Waals surface area contributed by atoms with E-state index in [9.17, 15) is 0 Å². The van der Waals surface area contributed by atoms with E-state index in [1.165, 1.54) is 23.7 Å². The predicted octanol–water partition coefficient (Wildman–Crippen LogP) is 4.86. The summed E-state index contributed by atoms with van der Waals surface area (Å²) < 4.78 is 5.97. The molecule has 0 fully saturated rings. The number of nitrogens with two attached hydrogens (primary N) is 1. The van der Waals surface area contributed by atoms with E-state index in [2.05, 4.69) is 34.0 Å². The van der Waals surface area contributed by atoms with Gasteiger partial charge in [0.25, 0.3) is 0 Å². The summed E-state index contributed by atoms with van der Waals surface area (Å²) in [6.07, 6.45) is 3.19. The van der Waals surface area contributed by atoms with Crippen LogP contribution in [-0.4, -0.2) is 15.0 Å². The number of pyridine rings is 1. The van der Waals surface area contributed by atoms with E-state index in [4.69, 9.17) is 10.5 Å². The van der Waals surface area contributed by atoms with Crippen LogP contribution in [0.15, 0.2) is 77.0 Å². The van der Waals surface area contributed by atoms with E-state index >= 15 is 0 Å². The van der Waals surface area contributed by atoms with E-state index in [1.807, 2.05) is 42.5 Å². The Morgan fingerprint density at radius 2 is 1.73 bits per heavy atom. The zero-order chi connectivity index (χ0) is 17.9. The van der Waals surface area contributed by atoms with Gasteiger partial charge in [-0.1, -0.05) is 47.7 Å². The molecule has 0 aliphatic heterocycles. The minimum absolute atomic E-state index is 0.327. The number of para-hydroxylation sites is 1. The third-order valence-corrected chi connectivity index (χ3v) is 4.88. The summed E-state index contributed by atoms with van der Waals surface area (Å²) >= 11 is 1.48. The summed E-state index contributed by atoms with van der Waals surface area (Å²) in [5.74, 6) is 0.938. The van der Waals surface area contributed by atoms with Crippen LogP contribution in [0.1, 0.15) is 5.56 Å². The topological polar surface area (TPSA) is 73.9 Å². The maximum Gasteiger partial charge on any atom is 0.247 e. The van der Waals surface area contributed by atoms with Gasteiger partial charge in [0, 0.05) is 16.5 Å². The Balaban J connectivity index is 1.66. The van der Waals surface area contributed by atoms with Gasteiger partial charge < -0.3 is 10.5 Å². The Bertz CT molecular complexity index is 1060. The standard InChI is InChI=1S/C20H16N4OS/c1-13-7-9-15(10-8-13)26-20-17(21)19(23-12-24-20)25-16-6-2-4-14-5-3-11-22-18(14)16/h2-12H,21H2,1H3. The van der Waals surface area contributed by atoms with Crippen molar-refractivity contribution in [3.63, 3.8) is 0 Å². The molecule has 0 atom stereocenters. The monoisotopic (exact) mass is 360 g/mol. The van der Waals surface area contributed by atoms with Crippen molar-refractivity contribution in [1.29, 1.82) is 0 Å². The van der Waals surface area contributed by atoms with Gasteiger partial charge in [0.15, 0.2) is 5.75 Å². The van der Waals surface area contributed by atoms with Crippen LogP contribution in [0.4, 0.5) is 5.69 Å². The number of nitrogens with zero attached hydrogens (tertiary/aromatic N) is 3. The third kappa shape index (κ3) is 3.32. The number of hydrogen-bond acceptors (Lipinski definition) is 6. The first-order chi connectivity index (χ1) is 12.7. The molecule has 0 aliphatic rings. The lowest BCUT2D eigenvalue weighted by Crippen LogP contribution is -1.99. The van der Waals surface area contributed by atoms with Crippen molar-refractivity contribution in [3.05, 3.63) is 72.7 Å². The molecule has 0 amide bonds. The number of nitrogen functional groups attached to an aromatic ring is 1. The van der Waals surface area contributed by atoms with Gasteiger partial charge in [-0.05, 0) is 31.2 Å². The van der Waals surface area contributed by atoms with E-state index in [-0.39, 0.29) is 0 Å². The first kappa shape index (κ1) is 16.4. The fourth-order valence-electron chi connectivity index (χ4n) is 2.51. The Morgan fingerprint density at radius 1 is 0.923 bits per heavy atom. The van der Waals surface area contributed by atoms with Crippen LogP contribution in [-0.2, 0) is 0 Å². The summed E-state index contributed by atoms with van der Waals surface area (Å²) in [6.45, 7) is 2.05. The quantitative estimate of drug-likeness (QED) is 0.524. The van der Waals surface area contributed by atoms with Gasteiger partial charge in [-0.2, -0.15) is 4.98 Å². The van der Waals surface area contributed by atoms with E-state index in [1.54, 1.807) is 6.20 Å². The highest BCUT2D eigenvalue weighted by atomic mass is 32.2. The largest absolute Gasteiger partial charge is 0.435 e. The number of anilines is 1. The smallest absolute Gasteiger partial charge is 0.247 e. The van der Waals surface area contributed by atoms with Crippen LogP contribution in [0.3, 0.4) is 0 Å². The molecule has 0 saturated carbocycles. The van der Waals surface area contributed by atoms with Crippen molar-refractivity contribution in [2.45, 2.75) is 16.8 Å². The SMILES string of the molecule is Cc1ccc(Sc2ncnc(Oc3cccc4cccnc34)c2N)cc1. The Kier molecular flexibility index (Phi) is 4.41. The molecule has 0 saturated heterocycles. The highest BCUT2D eigenvalue weighted by Gasteiger charge is 2.13. The molecule has 2 aromatic carbocycles. The highest BCUT2D eigenvalue weighted by Crippen LogP contribution is 2.36. The van der Waals surface area contributed by atoms with Crippen LogP contribution in [0, 0.1) is 6.92 Å². The number of benzene rings is 2. The average molecular weight is 360 g/mol. The van der Waals surface area contributed by atoms with Crippen molar-refractivity contribution in [1.82, 2.24) is 15.0 Å². The average Bonchev–Trinajstić information content (AvgIpc) is 2.67. The normalized spacial score (nSPS) is 10.8. The highest BCUT2D eigenvalue weighted by molar-refractivity contribution is 7.99. The van der Waals surface area contributed by atoms with Gasteiger partial charge in [-0.25, -0.2) is 4.98 Å². The van der Waals surface area contributed by atoms with E-state index in [0.29, 0.717) is 22.3 Å². The van der Waals surface area contributed by atoms with Crippen molar-refractivity contribution in [2.75, 3.05) is 5.73 Å². The first-order valence-corrected chi connectivity index (χ1v) is 8.89. The van der Waals surface area contributed by atoms with Gasteiger partial charge in [-0.3, -0.25) is 4.98 Å². The second kappa shape index (κ2) is 7.01. The lowest BCUT2D eigenvalue weighted by atomic mass is 10.2. The molecule has 0 aliphatic carbocycles. The zero-order valence-corrected chi connectivity index (χ0v) is 14.9. The van der Waals surface area contributed by atoms with Crippen molar-refractivity contribution in [2.24, 2.45) is 0 Å². The maximum absolute atomic E-state index is 6.26. The molecule has 4 aromatic rings. The molecule has 128 valence electrons. The van der Waals surface area contributed by atoms with Crippen molar-refractivity contribution >= 4 is 28.4 Å². The van der Waals surface area contributed by atoms with Gasteiger partial charge in [0.1, 0.15) is 22.6 Å². The van der Waals surface area contributed by atoms with E-state index < -0.39 is 0 Å². The second-order valence-electron chi connectivity index (χ2n) is 5.75. The molecule has 0 radical (unpaired) electrons. The Hall–Kier alpha value is -3.12. The third-order valence-electron chi connectivity index (χ3n) is 3.85. The van der Waals surface area contributed by atoms with Crippen LogP contribution in [0.5, 0.6) is 11.6 Å². The fourth-order valence-corrected chi connectivity index (χ4v) is 3.30. The van der Waals surface area contributed by atoms with Crippen LogP contribution < -0.4 is 10.5 Å². The minimum Gasteiger partial charge on any atom is -0.435 e. The summed E-state index contributed by atoms with van der Waals surface area (Å²) in [5, 5.41) is 1.65. The number of ether oxygens (including phenoxy) is 1. The maximum atomic E-state index is 6.26. The Labute approximate surface area is 155 Å². The van der Waals surface area contributed by atoms with Crippen LogP contribution in [0.25, 0.3) is 10.9 Å². The first-order valence-electron chi connectivity index (χ1n) is 8.07. The molecular weight excluding hydrogens is 344 g/mol. The second-order valence-corrected chi connectivity index (χ2v) is 6.81. The lowest BCUT2D eigenvalue weighted by Gasteiger charge is -2.11. The van der Waals surface area contributed by atoms with Crippen molar-refractivity contribution in [3.8, 4) is 11.6 Å². The number of rotatable bonds is 4. The van der Waals surface area contributed by atoms with Gasteiger partial charge in [-0.15, -0.1) is 0 Å². The van der Waals surface area contributed by atoms with Crippen LogP contribution in [0.2, 0.25) is 0 Å². The molecule has 26 heavy (non-hydrogen) atoms. The summed E-state index contributed by atoms with van der Waals surface area (Å²) in [4.78, 5) is 13.9. The van der Waals surface area contributed by atoms with Gasteiger partial charge in [0.2, 0.25) is 5.88 Å². The molecule has 0 unspecified atom stereocenters. The molecule has 0 spiro atoms. The Morgan fingerprint density at radius 3 is 2.58 bits per heavy atom. The van der Waals surface area contributed by atoms with Gasteiger partial charge >= 0.3 is 0 Å². The number of aryl methyl sites for hydroxylation is 1. The number of hydrogen-bond donors (Lipinski definition) is 1. The lowest BCUT2D eigenvalue weighted by molar-refractivity contribution is 0.466. The molecule has 4 rings (SSSR count). The molecule has 2 aromatic heterocycles. The molecular formula is C20H16N4OS. The summed E-state index contributed by atoms with van der Waals surface area (Å²) in [7, 11) is 0.